The Morgan fingerprint density at radius 1 is 1.47 bits per heavy atom. The average Bonchev–Trinajstić information content (AvgIpc) is 2.69. The van der Waals surface area contributed by atoms with Crippen molar-refractivity contribution in [2.75, 3.05) is 6.61 Å². The van der Waals surface area contributed by atoms with Gasteiger partial charge in [-0.05, 0) is 12.1 Å². The van der Waals surface area contributed by atoms with Crippen molar-refractivity contribution in [1.82, 2.24) is 15.4 Å². The van der Waals surface area contributed by atoms with E-state index in [1.807, 2.05) is 0 Å². The molecule has 0 aliphatic rings. The Morgan fingerprint density at radius 2 is 2.33 bits per heavy atom. The number of nitrogens with one attached hydrogen (secondary N) is 1. The van der Waals surface area contributed by atoms with Crippen LogP contribution in [0.1, 0.15) is 5.56 Å². The molecule has 0 saturated heterocycles. The van der Waals surface area contributed by atoms with Crippen LogP contribution < -0.4 is 0 Å². The number of H-pyrrole nitrogens is 1. The van der Waals surface area contributed by atoms with Crippen LogP contribution in [-0.4, -0.2) is 28.5 Å². The lowest BCUT2D eigenvalue weighted by Gasteiger charge is -2.02. The van der Waals surface area contributed by atoms with Gasteiger partial charge in [-0.3, -0.25) is 4.79 Å². The molecule has 15 heavy (non-hydrogen) atoms. The number of hydrogen-bond donors (Lipinski definition) is 1. The van der Waals surface area contributed by atoms with Gasteiger partial charge in [-0.2, -0.15) is 15.4 Å². The van der Waals surface area contributed by atoms with E-state index in [2.05, 4.69) is 20.1 Å². The molecule has 0 amide bonds. The first-order valence-corrected chi connectivity index (χ1v) is 4.36. The average molecular weight is 209 g/mol. The summed E-state index contributed by atoms with van der Waals surface area (Å²) in [5.74, 6) is -0.370. The molecule has 2 rings (SSSR count). The monoisotopic (exact) mass is 209 g/mol. The van der Waals surface area contributed by atoms with Gasteiger partial charge >= 0.3 is 0 Å². The second kappa shape index (κ2) is 4.04. The third-order valence-corrected chi connectivity index (χ3v) is 2.07. The molecule has 0 aliphatic carbocycles. The Balaban J connectivity index is 2.34. The van der Waals surface area contributed by atoms with Gasteiger partial charge in [0.2, 0.25) is 0 Å². The molecule has 0 unspecified atom stereocenters. The zero-order chi connectivity index (χ0) is 10.7. The summed E-state index contributed by atoms with van der Waals surface area (Å²) in [4.78, 5) is 9.94. The number of rotatable bonds is 4. The lowest BCUT2D eigenvalue weighted by atomic mass is 10.1. The van der Waals surface area contributed by atoms with E-state index >= 15 is 0 Å². The number of aromatic nitrogens is 3. The van der Waals surface area contributed by atoms with Gasteiger partial charge in [-0.1, -0.05) is 0 Å². The molecule has 5 nitrogen and oxygen atoms in total. The van der Waals surface area contributed by atoms with Gasteiger partial charge < -0.3 is 4.74 Å². The molecular formula is C9H8FN3O2. The summed E-state index contributed by atoms with van der Waals surface area (Å²) in [6.45, 7) is 0.466. The number of halogens is 1. The quantitative estimate of drug-likeness (QED) is 0.597. The first-order chi connectivity index (χ1) is 7.33. The molecule has 1 N–H and O–H groups in total. The normalized spacial score (nSPS) is 10.5. The van der Waals surface area contributed by atoms with E-state index in [-0.39, 0.29) is 18.8 Å². The van der Waals surface area contributed by atoms with E-state index in [0.717, 1.165) is 0 Å². The molecule has 0 bridgehead atoms. The van der Waals surface area contributed by atoms with E-state index in [1.54, 1.807) is 0 Å². The summed E-state index contributed by atoms with van der Waals surface area (Å²) in [6.07, 6.45) is 0.286. The molecule has 0 radical (unpaired) electrons. The molecule has 1 aromatic heterocycles. The maximum atomic E-state index is 13.4. The highest BCUT2D eigenvalue weighted by Gasteiger charge is 2.10. The molecule has 78 valence electrons. The highest BCUT2D eigenvalue weighted by atomic mass is 19.1. The highest BCUT2D eigenvalue weighted by Crippen LogP contribution is 2.18. The van der Waals surface area contributed by atoms with E-state index in [4.69, 9.17) is 0 Å². The maximum Gasteiger partial charge on any atom is 0.293 e. The van der Waals surface area contributed by atoms with E-state index in [1.165, 1.54) is 12.1 Å². The van der Waals surface area contributed by atoms with E-state index in [0.29, 0.717) is 23.1 Å². The number of carbonyl (C=O) groups excluding carboxylic acids is 1. The number of carbonyl (C=O) groups is 1. The minimum absolute atomic E-state index is 0.131. The molecule has 1 heterocycles. The van der Waals surface area contributed by atoms with Crippen LogP contribution >= 0.6 is 0 Å². The summed E-state index contributed by atoms with van der Waals surface area (Å²) in [6, 6.07) is 2.86. The van der Waals surface area contributed by atoms with Crippen LogP contribution in [0.25, 0.3) is 11.0 Å². The molecule has 0 spiro atoms. The molecule has 0 fully saturated rings. The first kappa shape index (κ1) is 9.57. The Hall–Kier alpha value is -1.98. The van der Waals surface area contributed by atoms with Crippen molar-refractivity contribution in [2.45, 2.75) is 6.42 Å². The van der Waals surface area contributed by atoms with Crippen molar-refractivity contribution in [3.05, 3.63) is 23.5 Å². The predicted octanol–water partition coefficient (Wildman–Crippen LogP) is 0.812. The van der Waals surface area contributed by atoms with Crippen molar-refractivity contribution in [3.8, 4) is 0 Å². The Kier molecular flexibility index (Phi) is 2.57. The van der Waals surface area contributed by atoms with Gasteiger partial charge in [0.25, 0.3) is 6.47 Å². The fraction of sp³-hybridized carbons (Fsp3) is 0.222. The standard InChI is InChI=1S/C9H8FN3O2/c10-7-1-2-8-9(12-13-11-8)6(7)3-4-15-5-14/h1-2,5H,3-4H2,(H,11,12,13). The molecule has 2 aromatic rings. The highest BCUT2D eigenvalue weighted by molar-refractivity contribution is 5.77. The van der Waals surface area contributed by atoms with Crippen molar-refractivity contribution in [1.29, 1.82) is 0 Å². The van der Waals surface area contributed by atoms with Crippen LogP contribution in [0.15, 0.2) is 12.1 Å². The molecule has 0 aliphatic heterocycles. The van der Waals surface area contributed by atoms with Crippen LogP contribution in [0, 0.1) is 5.82 Å². The largest absolute Gasteiger partial charge is 0.468 e. The van der Waals surface area contributed by atoms with Gasteiger partial charge in [0.1, 0.15) is 16.9 Å². The SMILES string of the molecule is O=COCCc1c(F)ccc2n[nH]nc12. The topological polar surface area (TPSA) is 67.9 Å². The number of fused-ring (bicyclic) bond motifs is 1. The Bertz CT molecular complexity index is 483. The second-order valence-electron chi connectivity index (χ2n) is 2.93. The van der Waals surface area contributed by atoms with Crippen LogP contribution in [0.5, 0.6) is 0 Å². The predicted molar refractivity (Wildman–Crippen MR) is 49.6 cm³/mol. The molecule has 0 atom stereocenters. The Morgan fingerprint density at radius 3 is 3.13 bits per heavy atom. The van der Waals surface area contributed by atoms with Gasteiger partial charge in [0.05, 0.1) is 6.61 Å². The smallest absolute Gasteiger partial charge is 0.293 e. The van der Waals surface area contributed by atoms with Crippen molar-refractivity contribution >= 4 is 17.5 Å². The molecular weight excluding hydrogens is 201 g/mol. The van der Waals surface area contributed by atoms with Crippen LogP contribution in [0.3, 0.4) is 0 Å². The zero-order valence-electron chi connectivity index (χ0n) is 7.74. The van der Waals surface area contributed by atoms with E-state index < -0.39 is 0 Å². The fourth-order valence-corrected chi connectivity index (χ4v) is 1.39. The number of benzene rings is 1. The second-order valence-corrected chi connectivity index (χ2v) is 2.93. The molecule has 0 saturated carbocycles. The Labute approximate surface area is 84.2 Å². The summed E-state index contributed by atoms with van der Waals surface area (Å²) in [7, 11) is 0. The van der Waals surface area contributed by atoms with Gasteiger partial charge in [0.15, 0.2) is 0 Å². The van der Waals surface area contributed by atoms with Gasteiger partial charge in [0, 0.05) is 12.0 Å². The maximum absolute atomic E-state index is 13.4. The summed E-state index contributed by atoms with van der Waals surface area (Å²) in [5, 5.41) is 10.1. The van der Waals surface area contributed by atoms with Crippen molar-refractivity contribution in [3.63, 3.8) is 0 Å². The number of hydrogen-bond acceptors (Lipinski definition) is 4. The summed E-state index contributed by atoms with van der Waals surface area (Å²) < 4.78 is 17.9. The third-order valence-electron chi connectivity index (χ3n) is 2.07. The number of nitrogens with zero attached hydrogens (tertiary/aromatic N) is 2. The number of aromatic amines is 1. The fourth-order valence-electron chi connectivity index (χ4n) is 1.39. The summed E-state index contributed by atoms with van der Waals surface area (Å²) in [5.41, 5.74) is 1.48. The lowest BCUT2D eigenvalue weighted by molar-refractivity contribution is -0.128. The summed E-state index contributed by atoms with van der Waals surface area (Å²) >= 11 is 0. The minimum atomic E-state index is -0.370. The number of ether oxygens (including phenoxy) is 1. The van der Waals surface area contributed by atoms with Crippen molar-refractivity contribution in [2.24, 2.45) is 0 Å². The van der Waals surface area contributed by atoms with Crippen molar-refractivity contribution < 1.29 is 13.9 Å². The lowest BCUT2D eigenvalue weighted by Crippen LogP contribution is -2.00. The molecule has 6 heteroatoms. The van der Waals surface area contributed by atoms with E-state index in [9.17, 15) is 9.18 Å². The van der Waals surface area contributed by atoms with Crippen LogP contribution in [-0.2, 0) is 16.0 Å². The zero-order valence-corrected chi connectivity index (χ0v) is 7.74. The van der Waals surface area contributed by atoms with Gasteiger partial charge in [-0.25, -0.2) is 4.39 Å². The van der Waals surface area contributed by atoms with Gasteiger partial charge in [-0.15, -0.1) is 0 Å². The minimum Gasteiger partial charge on any atom is -0.468 e. The molecule has 1 aromatic carbocycles. The first-order valence-electron chi connectivity index (χ1n) is 4.36. The van der Waals surface area contributed by atoms with Crippen LogP contribution in [0.2, 0.25) is 0 Å². The van der Waals surface area contributed by atoms with Crippen LogP contribution in [0.4, 0.5) is 4.39 Å². The third kappa shape index (κ3) is 1.78.